The van der Waals surface area contributed by atoms with Gasteiger partial charge in [0.2, 0.25) is 0 Å². The van der Waals surface area contributed by atoms with E-state index in [2.05, 4.69) is 215 Å². The van der Waals surface area contributed by atoms with E-state index in [0.29, 0.717) is 0 Å². The van der Waals surface area contributed by atoms with Crippen LogP contribution in [0.1, 0.15) is 72.7 Å². The first-order valence-corrected chi connectivity index (χ1v) is 20.5. The van der Waals surface area contributed by atoms with Crippen LogP contribution in [-0.2, 0) is 10.8 Å². The van der Waals surface area contributed by atoms with E-state index in [1.807, 2.05) is 0 Å². The molecule has 0 bridgehead atoms. The highest BCUT2D eigenvalue weighted by Crippen LogP contribution is 2.54. The van der Waals surface area contributed by atoms with Crippen molar-refractivity contribution < 1.29 is 0 Å². The highest BCUT2D eigenvalue weighted by Gasteiger charge is 2.38. The molecule has 1 atom stereocenters. The molecule has 3 aliphatic rings. The minimum Gasteiger partial charge on any atom is -0.359 e. The van der Waals surface area contributed by atoms with Crippen molar-refractivity contribution in [3.05, 3.63) is 221 Å². The van der Waals surface area contributed by atoms with Crippen LogP contribution in [0.15, 0.2) is 187 Å². The zero-order chi connectivity index (χ0) is 39.2. The summed E-state index contributed by atoms with van der Waals surface area (Å²) in [4.78, 5) is 5.31. The zero-order valence-electron chi connectivity index (χ0n) is 33.3. The molecule has 1 unspecified atom stereocenters. The Hall–Kier alpha value is -6.77. The fourth-order valence-corrected chi connectivity index (χ4v) is 10.1. The lowest BCUT2D eigenvalue weighted by Gasteiger charge is -2.26. The van der Waals surface area contributed by atoms with E-state index >= 15 is 0 Å². The van der Waals surface area contributed by atoms with Gasteiger partial charge >= 0.3 is 0 Å². The Morgan fingerprint density at radius 1 is 0.431 bits per heavy atom. The van der Waals surface area contributed by atoms with Gasteiger partial charge in [-0.3, -0.25) is 0 Å². The molecule has 58 heavy (non-hydrogen) atoms. The SMILES string of the molecule is CC1(C)c2cc3ccccc3cc2-c2c(-c3cccc(C4=CC(c5ccc(-c6cccc7c6C(C)(C)c6ccccc6-7)cc5)NC(c5ccccc5)=N4)c3)cccc21. The molecule has 1 N–H and O–H groups in total. The van der Waals surface area contributed by atoms with Crippen LogP contribution in [0.25, 0.3) is 61.0 Å². The van der Waals surface area contributed by atoms with Gasteiger partial charge in [0.05, 0.1) is 11.7 Å². The summed E-state index contributed by atoms with van der Waals surface area (Å²) in [5.41, 5.74) is 20.1. The minimum absolute atomic E-state index is 0.0653. The van der Waals surface area contributed by atoms with E-state index in [0.717, 1.165) is 22.7 Å². The van der Waals surface area contributed by atoms with Crippen molar-refractivity contribution in [1.82, 2.24) is 5.32 Å². The van der Waals surface area contributed by atoms with Crippen LogP contribution >= 0.6 is 0 Å². The first kappa shape index (κ1) is 34.5. The second-order valence-electron chi connectivity index (χ2n) is 17.2. The maximum atomic E-state index is 5.31. The number of nitrogens with one attached hydrogen (secondary N) is 1. The molecule has 0 amide bonds. The number of rotatable bonds is 5. The Balaban J connectivity index is 0.988. The standard InChI is InChI=1S/C56H44N2/c1-55(2)48-26-14-22-42(52(48)46-32-38-17-8-9-18-39(38)33-49(46)55)40-19-12-20-41(31-40)51-34-50(57-54(58-51)37-15-6-5-7-16-37)36-29-27-35(28-30-36)43-23-13-24-45-44-21-10-11-25-47(44)56(3,4)53(43)45/h5-34,50H,1-4H3,(H,57,58). The van der Waals surface area contributed by atoms with E-state index in [1.54, 1.807) is 0 Å². The second-order valence-corrected chi connectivity index (χ2v) is 17.2. The normalized spacial score (nSPS) is 16.7. The van der Waals surface area contributed by atoms with Crippen LogP contribution in [0.4, 0.5) is 0 Å². The Kier molecular flexibility index (Phi) is 7.65. The van der Waals surface area contributed by atoms with Gasteiger partial charge in [-0.1, -0.05) is 185 Å². The summed E-state index contributed by atoms with van der Waals surface area (Å²) in [6.45, 7) is 9.45. The highest BCUT2D eigenvalue weighted by atomic mass is 15.0. The third-order valence-corrected chi connectivity index (χ3v) is 13.1. The fourth-order valence-electron chi connectivity index (χ4n) is 10.1. The lowest BCUT2D eigenvalue weighted by Crippen LogP contribution is -2.31. The number of hydrogen-bond acceptors (Lipinski definition) is 2. The molecular formula is C56H44N2. The summed E-state index contributed by atoms with van der Waals surface area (Å²) in [6.07, 6.45) is 2.29. The molecule has 0 fully saturated rings. The van der Waals surface area contributed by atoms with E-state index in [4.69, 9.17) is 4.99 Å². The Morgan fingerprint density at radius 2 is 1.05 bits per heavy atom. The van der Waals surface area contributed by atoms with Crippen molar-refractivity contribution in [2.24, 2.45) is 4.99 Å². The van der Waals surface area contributed by atoms with Gasteiger partial charge in [-0.2, -0.15) is 0 Å². The molecule has 278 valence electrons. The second kappa shape index (κ2) is 12.9. The van der Waals surface area contributed by atoms with Gasteiger partial charge < -0.3 is 5.32 Å². The Labute approximate surface area is 341 Å². The van der Waals surface area contributed by atoms with Crippen molar-refractivity contribution in [3.63, 3.8) is 0 Å². The molecule has 1 heterocycles. The summed E-state index contributed by atoms with van der Waals surface area (Å²) in [6, 6.07) is 64.6. The largest absolute Gasteiger partial charge is 0.359 e. The topological polar surface area (TPSA) is 24.4 Å². The van der Waals surface area contributed by atoms with Crippen LogP contribution < -0.4 is 5.32 Å². The average Bonchev–Trinajstić information content (AvgIpc) is 3.65. The van der Waals surface area contributed by atoms with Crippen molar-refractivity contribution >= 4 is 22.3 Å². The molecule has 8 aromatic carbocycles. The third kappa shape index (κ3) is 5.28. The van der Waals surface area contributed by atoms with Crippen molar-refractivity contribution in [2.75, 3.05) is 0 Å². The number of aliphatic imine (C=N–C) groups is 1. The fraction of sp³-hybridized carbons (Fsp3) is 0.125. The monoisotopic (exact) mass is 744 g/mol. The van der Waals surface area contributed by atoms with Crippen LogP contribution in [0.3, 0.4) is 0 Å². The average molecular weight is 745 g/mol. The quantitative estimate of drug-likeness (QED) is 0.186. The van der Waals surface area contributed by atoms with Crippen LogP contribution in [-0.4, -0.2) is 5.84 Å². The Bertz CT molecular complexity index is 3020. The van der Waals surface area contributed by atoms with Gasteiger partial charge in [-0.15, -0.1) is 0 Å². The molecule has 1 aliphatic heterocycles. The van der Waals surface area contributed by atoms with Gasteiger partial charge in [-0.05, 0) is 107 Å². The molecule has 11 rings (SSSR count). The predicted molar refractivity (Wildman–Crippen MR) is 243 cm³/mol. The molecule has 0 saturated heterocycles. The summed E-state index contributed by atoms with van der Waals surface area (Å²) in [5, 5.41) is 6.37. The van der Waals surface area contributed by atoms with E-state index in [1.165, 1.54) is 83.1 Å². The summed E-state index contributed by atoms with van der Waals surface area (Å²) >= 11 is 0. The smallest absolute Gasteiger partial charge is 0.134 e. The van der Waals surface area contributed by atoms with Gasteiger partial charge in [0.1, 0.15) is 5.84 Å². The van der Waals surface area contributed by atoms with Crippen molar-refractivity contribution in [3.8, 4) is 44.5 Å². The summed E-state index contributed by atoms with van der Waals surface area (Å²) < 4.78 is 0. The van der Waals surface area contributed by atoms with Crippen molar-refractivity contribution in [2.45, 2.75) is 44.6 Å². The van der Waals surface area contributed by atoms with Gasteiger partial charge in [-0.25, -0.2) is 4.99 Å². The molecule has 0 spiro atoms. The minimum atomic E-state index is -0.0979. The first-order valence-electron chi connectivity index (χ1n) is 20.5. The molecular weight excluding hydrogens is 701 g/mol. The van der Waals surface area contributed by atoms with Crippen LogP contribution in [0.2, 0.25) is 0 Å². The number of amidine groups is 1. The van der Waals surface area contributed by atoms with E-state index in [9.17, 15) is 0 Å². The third-order valence-electron chi connectivity index (χ3n) is 13.1. The molecule has 0 aromatic heterocycles. The maximum absolute atomic E-state index is 5.31. The van der Waals surface area contributed by atoms with Gasteiger partial charge in [0, 0.05) is 22.0 Å². The van der Waals surface area contributed by atoms with Gasteiger partial charge in [0.15, 0.2) is 0 Å². The Morgan fingerprint density at radius 3 is 1.88 bits per heavy atom. The number of benzene rings is 8. The number of fused-ring (bicyclic) bond motifs is 7. The zero-order valence-corrected chi connectivity index (χ0v) is 33.3. The maximum Gasteiger partial charge on any atom is 0.134 e. The van der Waals surface area contributed by atoms with Crippen molar-refractivity contribution in [1.29, 1.82) is 0 Å². The first-order chi connectivity index (χ1) is 28.3. The molecule has 2 heteroatoms. The number of hydrogen-bond donors (Lipinski definition) is 1. The molecule has 0 saturated carbocycles. The molecule has 2 aliphatic carbocycles. The summed E-state index contributed by atoms with van der Waals surface area (Å²) in [5.74, 6) is 0.876. The number of nitrogens with zero attached hydrogens (tertiary/aromatic N) is 1. The lowest BCUT2D eigenvalue weighted by atomic mass is 9.79. The predicted octanol–water partition coefficient (Wildman–Crippen LogP) is 13.9. The molecule has 8 aromatic rings. The van der Waals surface area contributed by atoms with E-state index < -0.39 is 0 Å². The van der Waals surface area contributed by atoms with Gasteiger partial charge in [0.25, 0.3) is 0 Å². The molecule has 2 nitrogen and oxygen atoms in total. The van der Waals surface area contributed by atoms with Crippen LogP contribution in [0, 0.1) is 0 Å². The van der Waals surface area contributed by atoms with E-state index in [-0.39, 0.29) is 16.9 Å². The summed E-state index contributed by atoms with van der Waals surface area (Å²) in [7, 11) is 0. The lowest BCUT2D eigenvalue weighted by molar-refractivity contribution is 0.661. The molecule has 0 radical (unpaired) electrons. The highest BCUT2D eigenvalue weighted by molar-refractivity contribution is 6.04. The van der Waals surface area contributed by atoms with Crippen LogP contribution in [0.5, 0.6) is 0 Å².